The zero-order valence-electron chi connectivity index (χ0n) is 17.7. The molecule has 156 valence electrons. The molecule has 0 unspecified atom stereocenters. The molecule has 1 N–H and O–H groups in total. The molecule has 0 fully saturated rings. The van der Waals surface area contributed by atoms with Gasteiger partial charge in [0.15, 0.2) is 6.10 Å². The number of carbonyl (C=O) groups excluding carboxylic acids is 1. The predicted octanol–water partition coefficient (Wildman–Crippen LogP) is 4.87. The van der Waals surface area contributed by atoms with Crippen LogP contribution < -0.4 is 14.8 Å². The van der Waals surface area contributed by atoms with Gasteiger partial charge in [-0.2, -0.15) is 0 Å². The zero-order chi connectivity index (χ0) is 20.5. The molecular weight excluding hydrogens is 362 g/mol. The second-order valence-electron chi connectivity index (χ2n) is 7.62. The van der Waals surface area contributed by atoms with Crippen LogP contribution in [0.2, 0.25) is 0 Å². The fourth-order valence-corrected chi connectivity index (χ4v) is 3.81. The Kier molecular flexibility index (Phi) is 7.97. The van der Waals surface area contributed by atoms with Crippen LogP contribution in [0.5, 0.6) is 11.5 Å². The van der Waals surface area contributed by atoms with Gasteiger partial charge in [-0.3, -0.25) is 4.79 Å². The maximum Gasteiger partial charge on any atom is 0.261 e. The molecule has 1 atom stereocenters. The van der Waals surface area contributed by atoms with Crippen molar-refractivity contribution in [2.24, 2.45) is 0 Å². The smallest absolute Gasteiger partial charge is 0.261 e. The minimum absolute atomic E-state index is 0.0306. The molecule has 29 heavy (non-hydrogen) atoms. The first-order valence-electron chi connectivity index (χ1n) is 11.0. The Morgan fingerprint density at radius 1 is 1.00 bits per heavy atom. The van der Waals surface area contributed by atoms with Crippen molar-refractivity contribution in [3.63, 3.8) is 0 Å². The number of rotatable bonds is 10. The van der Waals surface area contributed by atoms with Crippen LogP contribution in [0, 0.1) is 0 Å². The van der Waals surface area contributed by atoms with Crippen molar-refractivity contribution in [1.82, 2.24) is 5.32 Å². The van der Waals surface area contributed by atoms with Gasteiger partial charge in [0.2, 0.25) is 0 Å². The Morgan fingerprint density at radius 2 is 1.72 bits per heavy atom. The first-order chi connectivity index (χ1) is 14.2. The molecule has 0 aliphatic heterocycles. The molecule has 1 aliphatic carbocycles. The van der Waals surface area contributed by atoms with Gasteiger partial charge in [0, 0.05) is 6.54 Å². The number of ether oxygens (including phenoxy) is 2. The minimum atomic E-state index is -0.442. The molecule has 0 bridgehead atoms. The molecule has 0 saturated heterocycles. The van der Waals surface area contributed by atoms with Crippen molar-refractivity contribution in [3.8, 4) is 11.5 Å². The number of hydrogen-bond acceptors (Lipinski definition) is 3. The summed E-state index contributed by atoms with van der Waals surface area (Å²) in [6, 6.07) is 14.4. The SMILES string of the molecule is CCOc1ccc(CCCNC(=O)[C@H](CC)Oc2ccc3c(c2)CCCC3)cc1. The monoisotopic (exact) mass is 395 g/mol. The van der Waals surface area contributed by atoms with E-state index in [9.17, 15) is 4.79 Å². The van der Waals surface area contributed by atoms with E-state index in [0.29, 0.717) is 19.6 Å². The van der Waals surface area contributed by atoms with Crippen LogP contribution in [-0.2, 0) is 24.1 Å². The summed E-state index contributed by atoms with van der Waals surface area (Å²) in [6.07, 6.45) is 6.81. The van der Waals surface area contributed by atoms with Crippen LogP contribution >= 0.6 is 0 Å². The zero-order valence-corrected chi connectivity index (χ0v) is 17.7. The molecule has 3 rings (SSSR count). The summed E-state index contributed by atoms with van der Waals surface area (Å²) >= 11 is 0. The molecule has 1 amide bonds. The van der Waals surface area contributed by atoms with E-state index in [2.05, 4.69) is 29.6 Å². The lowest BCUT2D eigenvalue weighted by Gasteiger charge is -2.20. The van der Waals surface area contributed by atoms with E-state index in [1.807, 2.05) is 32.0 Å². The van der Waals surface area contributed by atoms with Crippen LogP contribution in [-0.4, -0.2) is 25.2 Å². The Morgan fingerprint density at radius 3 is 2.45 bits per heavy atom. The summed E-state index contributed by atoms with van der Waals surface area (Å²) in [7, 11) is 0. The highest BCUT2D eigenvalue weighted by Gasteiger charge is 2.19. The van der Waals surface area contributed by atoms with Gasteiger partial charge in [0.25, 0.3) is 5.91 Å². The Bertz CT molecular complexity index is 785. The van der Waals surface area contributed by atoms with E-state index in [-0.39, 0.29) is 5.91 Å². The number of carbonyl (C=O) groups is 1. The molecule has 1 aliphatic rings. The van der Waals surface area contributed by atoms with Gasteiger partial charge in [-0.05, 0) is 92.8 Å². The van der Waals surface area contributed by atoms with Gasteiger partial charge in [-0.25, -0.2) is 0 Å². The highest BCUT2D eigenvalue weighted by Crippen LogP contribution is 2.26. The predicted molar refractivity (Wildman–Crippen MR) is 117 cm³/mol. The third-order valence-electron chi connectivity index (χ3n) is 5.44. The van der Waals surface area contributed by atoms with E-state index < -0.39 is 6.10 Å². The standard InChI is InChI=1S/C25H33NO3/c1-3-24(29-23-16-13-20-9-5-6-10-21(20)18-23)25(27)26-17-7-8-19-11-14-22(15-12-19)28-4-2/h11-16,18,24H,3-10,17H2,1-2H3,(H,26,27)/t24-/m0/s1. The van der Waals surface area contributed by atoms with E-state index >= 15 is 0 Å². The molecule has 0 heterocycles. The first-order valence-corrected chi connectivity index (χ1v) is 11.0. The molecule has 0 saturated carbocycles. The Hall–Kier alpha value is -2.49. The topological polar surface area (TPSA) is 47.6 Å². The lowest BCUT2D eigenvalue weighted by atomic mass is 9.92. The van der Waals surface area contributed by atoms with Gasteiger partial charge in [-0.1, -0.05) is 25.1 Å². The van der Waals surface area contributed by atoms with Gasteiger partial charge < -0.3 is 14.8 Å². The van der Waals surface area contributed by atoms with Crippen molar-refractivity contribution < 1.29 is 14.3 Å². The van der Waals surface area contributed by atoms with Crippen LogP contribution in [0.3, 0.4) is 0 Å². The number of benzene rings is 2. The highest BCUT2D eigenvalue weighted by molar-refractivity contribution is 5.81. The fourth-order valence-electron chi connectivity index (χ4n) is 3.81. The molecule has 2 aromatic carbocycles. The number of aryl methyl sites for hydroxylation is 3. The van der Waals surface area contributed by atoms with Crippen molar-refractivity contribution >= 4 is 5.91 Å². The van der Waals surface area contributed by atoms with Gasteiger partial charge in [0.1, 0.15) is 11.5 Å². The first kappa shape index (κ1) is 21.2. The van der Waals surface area contributed by atoms with Crippen LogP contribution in [0.15, 0.2) is 42.5 Å². The average molecular weight is 396 g/mol. The second kappa shape index (κ2) is 10.9. The number of fused-ring (bicyclic) bond motifs is 1. The lowest BCUT2D eigenvalue weighted by molar-refractivity contribution is -0.128. The molecule has 4 heteroatoms. The van der Waals surface area contributed by atoms with Crippen molar-refractivity contribution in [2.75, 3.05) is 13.2 Å². The minimum Gasteiger partial charge on any atom is -0.494 e. The van der Waals surface area contributed by atoms with E-state index in [1.54, 1.807) is 0 Å². The quantitative estimate of drug-likeness (QED) is 0.584. The normalized spacial score (nSPS) is 14.0. The fraction of sp³-hybridized carbons (Fsp3) is 0.480. The van der Waals surface area contributed by atoms with Gasteiger partial charge >= 0.3 is 0 Å². The van der Waals surface area contributed by atoms with E-state index in [4.69, 9.17) is 9.47 Å². The van der Waals surface area contributed by atoms with E-state index in [1.165, 1.54) is 29.5 Å². The van der Waals surface area contributed by atoms with Gasteiger partial charge in [-0.15, -0.1) is 0 Å². The summed E-state index contributed by atoms with van der Waals surface area (Å²) < 4.78 is 11.5. The molecule has 0 radical (unpaired) electrons. The van der Waals surface area contributed by atoms with Crippen LogP contribution in [0.1, 0.15) is 56.2 Å². The highest BCUT2D eigenvalue weighted by atomic mass is 16.5. The van der Waals surface area contributed by atoms with Crippen LogP contribution in [0.4, 0.5) is 0 Å². The molecule has 0 aromatic heterocycles. The number of hydrogen-bond donors (Lipinski definition) is 1. The maximum absolute atomic E-state index is 12.5. The third-order valence-corrected chi connectivity index (χ3v) is 5.44. The molecular formula is C25H33NO3. The largest absolute Gasteiger partial charge is 0.494 e. The lowest BCUT2D eigenvalue weighted by Crippen LogP contribution is -2.38. The maximum atomic E-state index is 12.5. The Balaban J connectivity index is 1.43. The summed E-state index contributed by atoms with van der Waals surface area (Å²) in [4.78, 5) is 12.5. The molecule has 4 nitrogen and oxygen atoms in total. The van der Waals surface area contributed by atoms with E-state index in [0.717, 1.165) is 37.2 Å². The summed E-state index contributed by atoms with van der Waals surface area (Å²) in [5, 5.41) is 3.03. The van der Waals surface area contributed by atoms with Crippen molar-refractivity contribution in [2.45, 2.75) is 64.9 Å². The third kappa shape index (κ3) is 6.25. The molecule has 0 spiro atoms. The van der Waals surface area contributed by atoms with Crippen molar-refractivity contribution in [1.29, 1.82) is 0 Å². The summed E-state index contributed by atoms with van der Waals surface area (Å²) in [6.45, 7) is 5.30. The number of nitrogens with one attached hydrogen (secondary N) is 1. The number of amides is 1. The molecule has 2 aromatic rings. The van der Waals surface area contributed by atoms with Gasteiger partial charge in [0.05, 0.1) is 6.61 Å². The van der Waals surface area contributed by atoms with Crippen molar-refractivity contribution in [3.05, 3.63) is 59.2 Å². The summed E-state index contributed by atoms with van der Waals surface area (Å²) in [5.74, 6) is 1.67. The van der Waals surface area contributed by atoms with Crippen LogP contribution in [0.25, 0.3) is 0 Å². The average Bonchev–Trinajstić information content (AvgIpc) is 2.76. The Labute approximate surface area is 174 Å². The summed E-state index contributed by atoms with van der Waals surface area (Å²) in [5.41, 5.74) is 4.05. The second-order valence-corrected chi connectivity index (χ2v) is 7.62.